The Labute approximate surface area is 195 Å². The second-order valence-corrected chi connectivity index (χ2v) is 11.2. The predicted molar refractivity (Wildman–Crippen MR) is 133 cm³/mol. The number of carbonyl (C=O) groups excluding carboxylic acids is 2. The predicted octanol–water partition coefficient (Wildman–Crippen LogP) is 6.36. The van der Waals surface area contributed by atoms with Gasteiger partial charge in [-0.2, -0.15) is 0 Å². The summed E-state index contributed by atoms with van der Waals surface area (Å²) in [6, 6.07) is 4.03. The van der Waals surface area contributed by atoms with Gasteiger partial charge in [0.25, 0.3) is 5.91 Å². The molecule has 1 aliphatic carbocycles. The number of amides is 3. The smallest absolute Gasteiger partial charge is 0.321 e. The third-order valence-corrected chi connectivity index (χ3v) is 7.50. The molecular formula is C25H36N4O2S. The average Bonchev–Trinajstić information content (AvgIpc) is 3.04. The highest BCUT2D eigenvalue weighted by molar-refractivity contribution is 7.17. The van der Waals surface area contributed by atoms with E-state index in [0.717, 1.165) is 48.1 Å². The van der Waals surface area contributed by atoms with Crippen molar-refractivity contribution in [3.63, 3.8) is 0 Å². The molecule has 6 nitrogen and oxygen atoms in total. The summed E-state index contributed by atoms with van der Waals surface area (Å²) in [6.45, 7) is 14.7. The lowest BCUT2D eigenvalue weighted by molar-refractivity contribution is 0.102. The van der Waals surface area contributed by atoms with E-state index in [1.807, 2.05) is 20.8 Å². The monoisotopic (exact) mass is 456 g/mol. The minimum Gasteiger partial charge on any atom is -0.335 e. The molecule has 7 heteroatoms. The number of nitrogens with one attached hydrogen (secondary N) is 3. The Morgan fingerprint density at radius 2 is 1.56 bits per heavy atom. The largest absolute Gasteiger partial charge is 0.335 e. The fourth-order valence-corrected chi connectivity index (χ4v) is 5.49. The van der Waals surface area contributed by atoms with Gasteiger partial charge in [-0.3, -0.25) is 10.1 Å². The lowest BCUT2D eigenvalue weighted by atomic mass is 9.71. The summed E-state index contributed by atoms with van der Waals surface area (Å²) in [6.07, 6.45) is 4.25. The summed E-state index contributed by atoms with van der Waals surface area (Å²) in [5, 5.41) is 9.34. The van der Waals surface area contributed by atoms with E-state index in [1.54, 1.807) is 6.92 Å². The number of anilines is 2. The molecule has 1 aliphatic rings. The maximum absolute atomic E-state index is 12.9. The molecule has 2 aromatic rings. The van der Waals surface area contributed by atoms with Crippen molar-refractivity contribution in [3.05, 3.63) is 39.4 Å². The zero-order valence-corrected chi connectivity index (χ0v) is 21.1. The topological polar surface area (TPSA) is 83.1 Å². The number of nitrogens with zero attached hydrogens (tertiary/aromatic N) is 1. The van der Waals surface area contributed by atoms with E-state index in [0.29, 0.717) is 27.0 Å². The highest BCUT2D eigenvalue weighted by Gasteiger charge is 2.30. The molecule has 1 aromatic heterocycles. The molecule has 0 aliphatic heterocycles. The van der Waals surface area contributed by atoms with Crippen molar-refractivity contribution >= 4 is 34.1 Å². The number of benzene rings is 1. The Bertz CT molecular complexity index is 975. The van der Waals surface area contributed by atoms with Crippen LogP contribution in [-0.2, 0) is 0 Å². The van der Waals surface area contributed by atoms with Crippen molar-refractivity contribution in [2.24, 2.45) is 11.3 Å². The van der Waals surface area contributed by atoms with Crippen LogP contribution < -0.4 is 16.0 Å². The number of aryl methyl sites for hydroxylation is 4. The molecule has 0 spiro atoms. The Morgan fingerprint density at radius 1 is 0.969 bits per heavy atom. The Kier molecular flexibility index (Phi) is 7.28. The zero-order chi connectivity index (χ0) is 23.6. The second-order valence-electron chi connectivity index (χ2n) is 10.2. The van der Waals surface area contributed by atoms with E-state index in [-0.39, 0.29) is 18.0 Å². The van der Waals surface area contributed by atoms with E-state index in [4.69, 9.17) is 0 Å². The molecule has 3 amide bonds. The standard InChI is InChI=1S/C25H36N4O2S/c1-14-12-15(2)20(16(3)13-14)28-22(30)21-17(4)26-24(32-21)29-23(31)27-19-10-8-18(9-11-19)25(5,6)7/h12-13,18-19H,8-11H2,1-7H3,(H,28,30)(H2,26,27,29,31). The summed E-state index contributed by atoms with van der Waals surface area (Å²) in [4.78, 5) is 30.3. The molecule has 1 fully saturated rings. The van der Waals surface area contributed by atoms with Gasteiger partial charge in [0, 0.05) is 11.7 Å². The van der Waals surface area contributed by atoms with Gasteiger partial charge in [-0.15, -0.1) is 0 Å². The number of urea groups is 1. The van der Waals surface area contributed by atoms with E-state index >= 15 is 0 Å². The van der Waals surface area contributed by atoms with Gasteiger partial charge in [-0.05, 0) is 75.8 Å². The van der Waals surface area contributed by atoms with Crippen molar-refractivity contribution in [3.8, 4) is 0 Å². The maximum atomic E-state index is 12.9. The summed E-state index contributed by atoms with van der Waals surface area (Å²) >= 11 is 1.20. The van der Waals surface area contributed by atoms with Crippen LogP contribution in [0.3, 0.4) is 0 Å². The minimum absolute atomic E-state index is 0.185. The highest BCUT2D eigenvalue weighted by Crippen LogP contribution is 2.37. The van der Waals surface area contributed by atoms with Crippen molar-refractivity contribution < 1.29 is 9.59 Å². The van der Waals surface area contributed by atoms with Crippen LogP contribution in [-0.4, -0.2) is 23.0 Å². The normalized spacial score (nSPS) is 18.8. The molecule has 1 heterocycles. The fourth-order valence-electron chi connectivity index (χ4n) is 4.63. The van der Waals surface area contributed by atoms with Gasteiger partial charge >= 0.3 is 6.03 Å². The average molecular weight is 457 g/mol. The van der Waals surface area contributed by atoms with E-state index in [9.17, 15) is 9.59 Å². The summed E-state index contributed by atoms with van der Waals surface area (Å²) < 4.78 is 0. The van der Waals surface area contributed by atoms with Crippen molar-refractivity contribution in [1.29, 1.82) is 0 Å². The van der Waals surface area contributed by atoms with Crippen LogP contribution in [0.4, 0.5) is 15.6 Å². The van der Waals surface area contributed by atoms with Gasteiger partial charge in [0.2, 0.25) is 0 Å². The molecule has 1 saturated carbocycles. The molecule has 3 N–H and O–H groups in total. The second kappa shape index (κ2) is 9.61. The van der Waals surface area contributed by atoms with E-state index < -0.39 is 0 Å². The number of carbonyl (C=O) groups is 2. The maximum Gasteiger partial charge on any atom is 0.321 e. The minimum atomic E-state index is -0.254. The SMILES string of the molecule is Cc1cc(C)c(NC(=O)c2sc(NC(=O)NC3CCC(C(C)(C)C)CC3)nc2C)c(C)c1. The van der Waals surface area contributed by atoms with Gasteiger partial charge in [-0.1, -0.05) is 49.8 Å². The quantitative estimate of drug-likeness (QED) is 0.501. The molecular weight excluding hydrogens is 420 g/mol. The number of aromatic nitrogens is 1. The van der Waals surface area contributed by atoms with Crippen LogP contribution in [0.5, 0.6) is 0 Å². The lowest BCUT2D eigenvalue weighted by Gasteiger charge is -2.37. The summed E-state index contributed by atoms with van der Waals surface area (Å²) in [5.41, 5.74) is 4.96. The van der Waals surface area contributed by atoms with Crippen LogP contribution in [0.2, 0.25) is 0 Å². The van der Waals surface area contributed by atoms with Crippen molar-refractivity contribution in [1.82, 2.24) is 10.3 Å². The van der Waals surface area contributed by atoms with Crippen LogP contribution in [0.1, 0.15) is 78.5 Å². The molecule has 1 aromatic carbocycles. The molecule has 0 unspecified atom stereocenters. The van der Waals surface area contributed by atoms with E-state index in [2.05, 4.69) is 53.8 Å². The molecule has 0 atom stereocenters. The molecule has 0 bridgehead atoms. The number of hydrogen-bond donors (Lipinski definition) is 3. The molecule has 0 saturated heterocycles. The van der Waals surface area contributed by atoms with Crippen LogP contribution in [0, 0.1) is 39.0 Å². The molecule has 174 valence electrons. The third-order valence-electron chi connectivity index (χ3n) is 6.43. The number of hydrogen-bond acceptors (Lipinski definition) is 4. The molecule has 3 rings (SSSR count). The number of thiazole rings is 1. The Morgan fingerprint density at radius 3 is 2.12 bits per heavy atom. The first kappa shape index (κ1) is 24.2. The number of rotatable bonds is 4. The third kappa shape index (κ3) is 5.88. The summed E-state index contributed by atoms with van der Waals surface area (Å²) in [5.74, 6) is 0.496. The zero-order valence-electron chi connectivity index (χ0n) is 20.3. The first-order valence-electron chi connectivity index (χ1n) is 11.4. The van der Waals surface area contributed by atoms with Gasteiger partial charge in [0.05, 0.1) is 5.69 Å². The Hall–Kier alpha value is -2.41. The van der Waals surface area contributed by atoms with Crippen molar-refractivity contribution in [2.75, 3.05) is 10.6 Å². The van der Waals surface area contributed by atoms with Gasteiger partial charge in [0.15, 0.2) is 5.13 Å². The fraction of sp³-hybridized carbons (Fsp3) is 0.560. The highest BCUT2D eigenvalue weighted by atomic mass is 32.1. The summed E-state index contributed by atoms with van der Waals surface area (Å²) in [7, 11) is 0. The first-order chi connectivity index (χ1) is 14.9. The van der Waals surface area contributed by atoms with Crippen molar-refractivity contribution in [2.45, 2.75) is 80.2 Å². The van der Waals surface area contributed by atoms with Gasteiger partial charge < -0.3 is 10.6 Å². The van der Waals surface area contributed by atoms with Crippen LogP contribution in [0.25, 0.3) is 0 Å². The van der Waals surface area contributed by atoms with Gasteiger partial charge in [0.1, 0.15) is 4.88 Å². The molecule has 32 heavy (non-hydrogen) atoms. The van der Waals surface area contributed by atoms with Crippen LogP contribution >= 0.6 is 11.3 Å². The van der Waals surface area contributed by atoms with Crippen LogP contribution in [0.15, 0.2) is 12.1 Å². The van der Waals surface area contributed by atoms with Gasteiger partial charge in [-0.25, -0.2) is 9.78 Å². The molecule has 0 radical (unpaired) electrons. The Balaban J connectivity index is 1.58. The van der Waals surface area contributed by atoms with E-state index in [1.165, 1.54) is 11.3 Å². The first-order valence-corrected chi connectivity index (χ1v) is 12.2. The lowest BCUT2D eigenvalue weighted by Crippen LogP contribution is -2.41.